The molecule has 0 atom stereocenters. The second kappa shape index (κ2) is 5.57. The third-order valence-corrected chi connectivity index (χ3v) is 2.54. The van der Waals surface area contributed by atoms with Gasteiger partial charge in [-0.15, -0.1) is 0 Å². The van der Waals surface area contributed by atoms with Crippen molar-refractivity contribution in [1.82, 2.24) is 4.72 Å². The van der Waals surface area contributed by atoms with Gasteiger partial charge in [0.15, 0.2) is 10.3 Å². The molecule has 0 unspecified atom stereocenters. The summed E-state index contributed by atoms with van der Waals surface area (Å²) in [4.78, 5) is 0. The number of hydrogen-bond acceptors (Lipinski definition) is 3. The van der Waals surface area contributed by atoms with Crippen LogP contribution in [0.3, 0.4) is 0 Å². The van der Waals surface area contributed by atoms with Gasteiger partial charge in [-0.3, -0.25) is 0 Å². The SMILES string of the molecule is O=S(=O)([O-])NCC1CCCC1.[Na+]. The molecule has 0 saturated heterocycles. The minimum Gasteiger partial charge on any atom is -0.735 e. The van der Waals surface area contributed by atoms with Crippen molar-refractivity contribution in [2.24, 2.45) is 5.92 Å². The van der Waals surface area contributed by atoms with E-state index in [4.69, 9.17) is 0 Å². The van der Waals surface area contributed by atoms with Crippen LogP contribution < -0.4 is 34.3 Å². The van der Waals surface area contributed by atoms with Gasteiger partial charge in [0.25, 0.3) is 0 Å². The molecule has 1 aliphatic carbocycles. The van der Waals surface area contributed by atoms with Gasteiger partial charge in [-0.25, -0.2) is 13.1 Å². The Labute approximate surface area is 95.3 Å². The van der Waals surface area contributed by atoms with E-state index < -0.39 is 10.3 Å². The van der Waals surface area contributed by atoms with Crippen LogP contribution in [0.1, 0.15) is 25.7 Å². The van der Waals surface area contributed by atoms with Crippen LogP contribution in [0, 0.1) is 5.92 Å². The van der Waals surface area contributed by atoms with Gasteiger partial charge < -0.3 is 4.55 Å². The molecule has 4 nitrogen and oxygen atoms in total. The van der Waals surface area contributed by atoms with Crippen LogP contribution in [0.5, 0.6) is 0 Å². The van der Waals surface area contributed by atoms with Crippen LogP contribution in [0.4, 0.5) is 0 Å². The van der Waals surface area contributed by atoms with Crippen LogP contribution in [0.2, 0.25) is 0 Å². The summed E-state index contributed by atoms with van der Waals surface area (Å²) in [7, 11) is -4.21. The van der Waals surface area contributed by atoms with E-state index in [9.17, 15) is 13.0 Å². The first-order valence-electron chi connectivity index (χ1n) is 3.78. The molecule has 0 aromatic heterocycles. The largest absolute Gasteiger partial charge is 1.00 e. The number of nitrogens with one attached hydrogen (secondary N) is 1. The molecule has 66 valence electrons. The van der Waals surface area contributed by atoms with E-state index in [1.165, 1.54) is 0 Å². The summed E-state index contributed by atoms with van der Waals surface area (Å²) in [6.07, 6.45) is 4.40. The molecular formula is C6H12NNaO3S. The predicted molar refractivity (Wildman–Crippen MR) is 39.7 cm³/mol. The fraction of sp³-hybridized carbons (Fsp3) is 1.00. The van der Waals surface area contributed by atoms with E-state index in [1.54, 1.807) is 0 Å². The monoisotopic (exact) mass is 201 g/mol. The third-order valence-electron chi connectivity index (χ3n) is 2.02. The van der Waals surface area contributed by atoms with Crippen LogP contribution >= 0.6 is 0 Å². The van der Waals surface area contributed by atoms with Gasteiger partial charge >= 0.3 is 29.6 Å². The first-order valence-corrected chi connectivity index (χ1v) is 5.19. The summed E-state index contributed by atoms with van der Waals surface area (Å²) in [6, 6.07) is 0. The average Bonchev–Trinajstić information content (AvgIpc) is 2.32. The minimum absolute atomic E-state index is 0. The van der Waals surface area contributed by atoms with Crippen molar-refractivity contribution in [1.29, 1.82) is 0 Å². The molecule has 12 heavy (non-hydrogen) atoms. The van der Waals surface area contributed by atoms with Crippen molar-refractivity contribution in [3.8, 4) is 0 Å². The van der Waals surface area contributed by atoms with E-state index in [1.807, 2.05) is 4.72 Å². The summed E-state index contributed by atoms with van der Waals surface area (Å²) in [6.45, 7) is 0.325. The number of hydrogen-bond donors (Lipinski definition) is 1. The van der Waals surface area contributed by atoms with E-state index in [0.29, 0.717) is 12.5 Å². The van der Waals surface area contributed by atoms with E-state index in [0.717, 1.165) is 25.7 Å². The molecular weight excluding hydrogens is 189 g/mol. The zero-order chi connectivity index (χ0) is 8.32. The first-order chi connectivity index (χ1) is 5.08. The van der Waals surface area contributed by atoms with Crippen molar-refractivity contribution in [3.63, 3.8) is 0 Å². The normalized spacial score (nSPS) is 19.1. The molecule has 1 fully saturated rings. The van der Waals surface area contributed by atoms with Crippen LogP contribution in [-0.4, -0.2) is 19.5 Å². The van der Waals surface area contributed by atoms with Crippen LogP contribution in [0.15, 0.2) is 0 Å². The standard InChI is InChI=1S/C6H13NO3S.Na/c8-11(9,10)7-5-6-3-1-2-4-6;/h6-7H,1-5H2,(H,8,9,10);/q;+1/p-1. The Bertz CT molecular complexity index is 211. The topological polar surface area (TPSA) is 69.2 Å². The van der Waals surface area contributed by atoms with E-state index in [-0.39, 0.29) is 29.6 Å². The molecule has 0 aromatic carbocycles. The minimum atomic E-state index is -4.21. The van der Waals surface area contributed by atoms with Gasteiger partial charge in [0.1, 0.15) is 0 Å². The summed E-state index contributed by atoms with van der Waals surface area (Å²) >= 11 is 0. The van der Waals surface area contributed by atoms with Gasteiger partial charge in [0.05, 0.1) is 0 Å². The molecule has 0 spiro atoms. The number of rotatable bonds is 3. The van der Waals surface area contributed by atoms with Gasteiger partial charge in [-0.05, 0) is 18.8 Å². The maximum atomic E-state index is 10.1. The smallest absolute Gasteiger partial charge is 0.735 e. The molecule has 6 heteroatoms. The Morgan fingerprint density at radius 2 is 1.83 bits per heavy atom. The van der Waals surface area contributed by atoms with Crippen molar-refractivity contribution in [2.45, 2.75) is 25.7 Å². The zero-order valence-electron chi connectivity index (χ0n) is 7.25. The summed E-state index contributed by atoms with van der Waals surface area (Å²) in [5.74, 6) is 0.388. The summed E-state index contributed by atoms with van der Waals surface area (Å²) in [5, 5.41) is 0. The van der Waals surface area contributed by atoms with Gasteiger partial charge in [-0.2, -0.15) is 0 Å². The summed E-state index contributed by atoms with van der Waals surface area (Å²) < 4.78 is 32.3. The van der Waals surface area contributed by atoms with Crippen LogP contribution in [0.25, 0.3) is 0 Å². The second-order valence-corrected chi connectivity index (χ2v) is 4.15. The van der Waals surface area contributed by atoms with Gasteiger partial charge in [0, 0.05) is 6.54 Å². The average molecular weight is 201 g/mol. The fourth-order valence-corrected chi connectivity index (χ4v) is 1.87. The molecule has 1 N–H and O–H groups in total. The van der Waals surface area contributed by atoms with Crippen molar-refractivity contribution in [3.05, 3.63) is 0 Å². The van der Waals surface area contributed by atoms with Crippen molar-refractivity contribution >= 4 is 10.3 Å². The molecule has 0 heterocycles. The quantitative estimate of drug-likeness (QED) is 0.397. The third kappa shape index (κ3) is 5.50. The molecule has 1 saturated carbocycles. The second-order valence-electron chi connectivity index (χ2n) is 2.95. The Morgan fingerprint density at radius 1 is 1.33 bits per heavy atom. The molecule has 1 aliphatic rings. The molecule has 0 aromatic rings. The molecule has 1 rings (SSSR count). The fourth-order valence-electron chi connectivity index (χ4n) is 1.43. The Balaban J connectivity index is 0.00000121. The Morgan fingerprint density at radius 3 is 2.25 bits per heavy atom. The molecule has 0 amide bonds. The maximum Gasteiger partial charge on any atom is 1.00 e. The van der Waals surface area contributed by atoms with E-state index >= 15 is 0 Å². The summed E-state index contributed by atoms with van der Waals surface area (Å²) in [5.41, 5.74) is 0. The predicted octanol–water partition coefficient (Wildman–Crippen LogP) is -2.77. The first kappa shape index (κ1) is 12.9. The zero-order valence-corrected chi connectivity index (χ0v) is 10.1. The molecule has 0 bridgehead atoms. The molecule has 0 radical (unpaired) electrons. The van der Waals surface area contributed by atoms with Gasteiger partial charge in [0.2, 0.25) is 0 Å². The maximum absolute atomic E-state index is 10.1. The van der Waals surface area contributed by atoms with Crippen molar-refractivity contribution < 1.29 is 42.5 Å². The molecule has 0 aliphatic heterocycles. The van der Waals surface area contributed by atoms with E-state index in [2.05, 4.69) is 0 Å². The Hall–Kier alpha value is 0.870. The van der Waals surface area contributed by atoms with Crippen LogP contribution in [-0.2, 0) is 10.3 Å². The van der Waals surface area contributed by atoms with Gasteiger partial charge in [-0.1, -0.05) is 12.8 Å². The van der Waals surface area contributed by atoms with Crippen molar-refractivity contribution in [2.75, 3.05) is 6.54 Å². The Kier molecular flexibility index (Phi) is 5.97.